The standard InChI is InChI=1S/C15H31N3O/c1-13-4-7-18(8-5-13)15-11-16-6-3-14(15)12-17(2)9-10-19/h13-16,19H,3-12H2,1-2H3. The number of hydrogen-bond acceptors (Lipinski definition) is 4. The van der Waals surface area contributed by atoms with Crippen molar-refractivity contribution in [2.75, 3.05) is 52.9 Å². The van der Waals surface area contributed by atoms with Gasteiger partial charge in [0.1, 0.15) is 0 Å². The van der Waals surface area contributed by atoms with Crippen LogP contribution in [0.2, 0.25) is 0 Å². The number of piperidine rings is 2. The van der Waals surface area contributed by atoms with Crippen molar-refractivity contribution in [2.24, 2.45) is 11.8 Å². The number of aliphatic hydroxyl groups is 1. The zero-order valence-electron chi connectivity index (χ0n) is 12.6. The van der Waals surface area contributed by atoms with Crippen molar-refractivity contribution in [3.05, 3.63) is 0 Å². The van der Waals surface area contributed by atoms with Crippen LogP contribution in [0.3, 0.4) is 0 Å². The summed E-state index contributed by atoms with van der Waals surface area (Å²) in [7, 11) is 2.13. The predicted molar refractivity (Wildman–Crippen MR) is 79.3 cm³/mol. The maximum Gasteiger partial charge on any atom is 0.0558 e. The second-order valence-electron chi connectivity index (χ2n) is 6.52. The normalized spacial score (nSPS) is 30.9. The first-order chi connectivity index (χ1) is 9.20. The molecule has 112 valence electrons. The van der Waals surface area contributed by atoms with Crippen molar-refractivity contribution >= 4 is 0 Å². The van der Waals surface area contributed by atoms with Crippen LogP contribution in [0.25, 0.3) is 0 Å². The lowest BCUT2D eigenvalue weighted by Gasteiger charge is -2.44. The summed E-state index contributed by atoms with van der Waals surface area (Å²) in [4.78, 5) is 5.00. The van der Waals surface area contributed by atoms with Crippen LogP contribution in [-0.4, -0.2) is 73.9 Å². The first-order valence-electron chi connectivity index (χ1n) is 7.95. The van der Waals surface area contributed by atoms with E-state index >= 15 is 0 Å². The molecule has 0 saturated carbocycles. The zero-order valence-corrected chi connectivity index (χ0v) is 12.6. The molecule has 4 heteroatoms. The van der Waals surface area contributed by atoms with Gasteiger partial charge >= 0.3 is 0 Å². The predicted octanol–water partition coefficient (Wildman–Crippen LogP) is 0.621. The fourth-order valence-electron chi connectivity index (χ4n) is 3.56. The van der Waals surface area contributed by atoms with Crippen LogP contribution in [0.4, 0.5) is 0 Å². The number of likely N-dealkylation sites (N-methyl/N-ethyl adjacent to an activating group) is 1. The Kier molecular flexibility index (Phi) is 6.07. The van der Waals surface area contributed by atoms with E-state index in [4.69, 9.17) is 5.11 Å². The highest BCUT2D eigenvalue weighted by Gasteiger charge is 2.32. The molecule has 0 aromatic heterocycles. The lowest BCUT2D eigenvalue weighted by Crippen LogP contribution is -2.55. The average Bonchev–Trinajstić information content (AvgIpc) is 2.41. The van der Waals surface area contributed by atoms with E-state index in [-0.39, 0.29) is 6.61 Å². The molecular formula is C15H31N3O. The highest BCUT2D eigenvalue weighted by atomic mass is 16.3. The monoisotopic (exact) mass is 269 g/mol. The van der Waals surface area contributed by atoms with Crippen LogP contribution in [-0.2, 0) is 0 Å². The maximum absolute atomic E-state index is 9.05. The molecule has 2 rings (SSSR count). The molecule has 0 aromatic carbocycles. The molecule has 2 N–H and O–H groups in total. The third-order valence-electron chi connectivity index (χ3n) is 4.90. The van der Waals surface area contributed by atoms with E-state index in [0.29, 0.717) is 6.04 Å². The Morgan fingerprint density at radius 1 is 1.26 bits per heavy atom. The second kappa shape index (κ2) is 7.58. The molecule has 2 saturated heterocycles. The Labute approximate surface area is 118 Å². The number of nitrogens with one attached hydrogen (secondary N) is 1. The van der Waals surface area contributed by atoms with E-state index in [2.05, 4.69) is 29.1 Å². The van der Waals surface area contributed by atoms with Gasteiger partial charge < -0.3 is 15.3 Å². The summed E-state index contributed by atoms with van der Waals surface area (Å²) in [5, 5.41) is 12.6. The molecule has 4 nitrogen and oxygen atoms in total. The highest BCUT2D eigenvalue weighted by Crippen LogP contribution is 2.24. The van der Waals surface area contributed by atoms with E-state index in [1.165, 1.54) is 32.4 Å². The first-order valence-corrected chi connectivity index (χ1v) is 7.95. The van der Waals surface area contributed by atoms with Crippen LogP contribution >= 0.6 is 0 Å². The molecule has 2 aliphatic heterocycles. The SMILES string of the molecule is CC1CCN(C2CNCCC2CN(C)CCO)CC1. The number of rotatable bonds is 5. The largest absolute Gasteiger partial charge is 0.395 e. The Hall–Kier alpha value is -0.160. The molecule has 0 amide bonds. The van der Waals surface area contributed by atoms with Gasteiger partial charge in [0.2, 0.25) is 0 Å². The molecule has 0 radical (unpaired) electrons. The lowest BCUT2D eigenvalue weighted by atomic mass is 9.88. The van der Waals surface area contributed by atoms with Crippen LogP contribution in [0.1, 0.15) is 26.2 Å². The number of hydrogen-bond donors (Lipinski definition) is 2. The van der Waals surface area contributed by atoms with Gasteiger partial charge in [-0.05, 0) is 57.8 Å². The van der Waals surface area contributed by atoms with Crippen molar-refractivity contribution in [1.82, 2.24) is 15.1 Å². The number of nitrogens with zero attached hydrogens (tertiary/aromatic N) is 2. The van der Waals surface area contributed by atoms with Crippen LogP contribution in [0, 0.1) is 11.8 Å². The molecule has 2 aliphatic rings. The third-order valence-corrected chi connectivity index (χ3v) is 4.90. The van der Waals surface area contributed by atoms with Gasteiger partial charge in [-0.25, -0.2) is 0 Å². The second-order valence-corrected chi connectivity index (χ2v) is 6.52. The van der Waals surface area contributed by atoms with Crippen LogP contribution < -0.4 is 5.32 Å². The van der Waals surface area contributed by atoms with Gasteiger partial charge in [0, 0.05) is 25.7 Å². The lowest BCUT2D eigenvalue weighted by molar-refractivity contribution is 0.0624. The molecule has 2 heterocycles. The molecule has 0 bridgehead atoms. The van der Waals surface area contributed by atoms with Gasteiger partial charge in [-0.3, -0.25) is 4.90 Å². The van der Waals surface area contributed by atoms with E-state index in [1.54, 1.807) is 0 Å². The molecule has 2 atom stereocenters. The zero-order chi connectivity index (χ0) is 13.7. The molecule has 19 heavy (non-hydrogen) atoms. The molecular weight excluding hydrogens is 238 g/mol. The van der Waals surface area contributed by atoms with Crippen molar-refractivity contribution in [1.29, 1.82) is 0 Å². The topological polar surface area (TPSA) is 38.7 Å². The van der Waals surface area contributed by atoms with Crippen molar-refractivity contribution in [3.8, 4) is 0 Å². The Morgan fingerprint density at radius 2 is 2.00 bits per heavy atom. The van der Waals surface area contributed by atoms with Gasteiger partial charge in [-0.1, -0.05) is 6.92 Å². The van der Waals surface area contributed by atoms with E-state index in [0.717, 1.165) is 38.0 Å². The third kappa shape index (κ3) is 4.42. The van der Waals surface area contributed by atoms with Gasteiger partial charge in [0.05, 0.1) is 6.61 Å². The minimum absolute atomic E-state index is 0.271. The summed E-state index contributed by atoms with van der Waals surface area (Å²) in [6, 6.07) is 0.697. The summed E-state index contributed by atoms with van der Waals surface area (Å²) in [5.41, 5.74) is 0. The van der Waals surface area contributed by atoms with Crippen molar-refractivity contribution < 1.29 is 5.11 Å². The highest BCUT2D eigenvalue weighted by molar-refractivity contribution is 4.89. The van der Waals surface area contributed by atoms with Gasteiger partial charge in [-0.2, -0.15) is 0 Å². The fraction of sp³-hybridized carbons (Fsp3) is 1.00. The molecule has 2 fully saturated rings. The molecule has 0 aliphatic carbocycles. The van der Waals surface area contributed by atoms with E-state index in [9.17, 15) is 0 Å². The van der Waals surface area contributed by atoms with Gasteiger partial charge in [0.25, 0.3) is 0 Å². The van der Waals surface area contributed by atoms with Crippen molar-refractivity contribution in [3.63, 3.8) is 0 Å². The quantitative estimate of drug-likeness (QED) is 0.767. The summed E-state index contributed by atoms with van der Waals surface area (Å²) >= 11 is 0. The summed E-state index contributed by atoms with van der Waals surface area (Å²) in [6.07, 6.45) is 3.98. The number of likely N-dealkylation sites (tertiary alicyclic amines) is 1. The van der Waals surface area contributed by atoms with Crippen molar-refractivity contribution in [2.45, 2.75) is 32.2 Å². The molecule has 2 unspecified atom stereocenters. The average molecular weight is 269 g/mol. The Balaban J connectivity index is 1.88. The Morgan fingerprint density at radius 3 is 2.68 bits per heavy atom. The summed E-state index contributed by atoms with van der Waals surface area (Å²) in [5.74, 6) is 1.66. The van der Waals surface area contributed by atoms with Gasteiger partial charge in [-0.15, -0.1) is 0 Å². The van der Waals surface area contributed by atoms with Crippen LogP contribution in [0.5, 0.6) is 0 Å². The fourth-order valence-corrected chi connectivity index (χ4v) is 3.56. The first kappa shape index (κ1) is 15.2. The maximum atomic E-state index is 9.05. The molecule has 0 aromatic rings. The minimum atomic E-state index is 0.271. The summed E-state index contributed by atoms with van der Waals surface area (Å²) < 4.78 is 0. The summed E-state index contributed by atoms with van der Waals surface area (Å²) in [6.45, 7) is 9.41. The number of aliphatic hydroxyl groups excluding tert-OH is 1. The Bertz CT molecular complexity index is 254. The van der Waals surface area contributed by atoms with Crippen LogP contribution in [0.15, 0.2) is 0 Å². The van der Waals surface area contributed by atoms with E-state index < -0.39 is 0 Å². The van der Waals surface area contributed by atoms with Gasteiger partial charge in [0.15, 0.2) is 0 Å². The smallest absolute Gasteiger partial charge is 0.0558 e. The minimum Gasteiger partial charge on any atom is -0.395 e. The molecule has 0 spiro atoms. The van der Waals surface area contributed by atoms with E-state index in [1.807, 2.05) is 0 Å².